The van der Waals surface area contributed by atoms with E-state index < -0.39 is 0 Å². The molecule has 4 heteroatoms. The first-order valence-corrected chi connectivity index (χ1v) is 5.81. The number of aromatic nitrogens is 1. The predicted molar refractivity (Wildman–Crippen MR) is 66.2 cm³/mol. The molecule has 0 fully saturated rings. The summed E-state index contributed by atoms with van der Waals surface area (Å²) in [7, 11) is 0. The lowest BCUT2D eigenvalue weighted by Crippen LogP contribution is -2.27. The van der Waals surface area contributed by atoms with E-state index in [4.69, 9.17) is 10.5 Å². The van der Waals surface area contributed by atoms with E-state index in [2.05, 4.69) is 17.2 Å². The van der Waals surface area contributed by atoms with E-state index in [1.54, 1.807) is 6.20 Å². The van der Waals surface area contributed by atoms with E-state index in [1.807, 2.05) is 19.1 Å². The Balaban J connectivity index is 2.70. The summed E-state index contributed by atoms with van der Waals surface area (Å²) in [6.07, 6.45) is 2.79. The Morgan fingerprint density at radius 1 is 1.50 bits per heavy atom. The van der Waals surface area contributed by atoms with Crippen LogP contribution in [0.5, 0.6) is 0 Å². The minimum Gasteiger partial charge on any atom is -0.383 e. The predicted octanol–water partition coefficient (Wildman–Crippen LogP) is 1.74. The summed E-state index contributed by atoms with van der Waals surface area (Å²) >= 11 is 0. The Morgan fingerprint density at radius 3 is 2.94 bits per heavy atom. The highest BCUT2D eigenvalue weighted by Crippen LogP contribution is 2.18. The summed E-state index contributed by atoms with van der Waals surface area (Å²) in [5.74, 6) is 0.579. The molecule has 1 heterocycles. The molecule has 0 saturated heterocycles. The fourth-order valence-corrected chi connectivity index (χ4v) is 1.54. The van der Waals surface area contributed by atoms with Gasteiger partial charge in [0, 0.05) is 18.4 Å². The summed E-state index contributed by atoms with van der Waals surface area (Å²) in [5, 5.41) is 3.42. The summed E-state index contributed by atoms with van der Waals surface area (Å²) in [5.41, 5.74) is 6.88. The maximum Gasteiger partial charge on any atom is 0.128 e. The van der Waals surface area contributed by atoms with Gasteiger partial charge in [-0.05, 0) is 26.0 Å². The highest BCUT2D eigenvalue weighted by atomic mass is 16.5. The van der Waals surface area contributed by atoms with Gasteiger partial charge in [-0.3, -0.25) is 0 Å². The first-order valence-electron chi connectivity index (χ1n) is 5.81. The second kappa shape index (κ2) is 7.19. The topological polar surface area (TPSA) is 60.2 Å². The molecule has 0 amide bonds. The molecule has 0 bridgehead atoms. The van der Waals surface area contributed by atoms with Crippen LogP contribution in [-0.4, -0.2) is 24.7 Å². The average Bonchev–Trinajstić information content (AvgIpc) is 2.31. The van der Waals surface area contributed by atoms with E-state index in [0.29, 0.717) is 19.0 Å². The summed E-state index contributed by atoms with van der Waals surface area (Å²) in [6, 6.07) is 4.03. The number of anilines is 1. The van der Waals surface area contributed by atoms with Crippen LogP contribution >= 0.6 is 0 Å². The summed E-state index contributed by atoms with van der Waals surface area (Å²) in [4.78, 5) is 4.10. The van der Waals surface area contributed by atoms with Gasteiger partial charge in [-0.15, -0.1) is 0 Å². The maximum atomic E-state index is 5.86. The van der Waals surface area contributed by atoms with Gasteiger partial charge in [-0.2, -0.15) is 0 Å². The number of hydrogen-bond acceptors (Lipinski definition) is 4. The van der Waals surface area contributed by atoms with Crippen LogP contribution in [0.1, 0.15) is 31.9 Å². The highest BCUT2D eigenvalue weighted by molar-refractivity contribution is 5.40. The molecule has 16 heavy (non-hydrogen) atoms. The minimum absolute atomic E-state index is 0.133. The second-order valence-corrected chi connectivity index (χ2v) is 3.64. The number of ether oxygens (including phenoxy) is 1. The normalized spacial score (nSPS) is 12.6. The molecule has 0 saturated carbocycles. The molecule has 1 atom stereocenters. The van der Waals surface area contributed by atoms with E-state index in [1.165, 1.54) is 0 Å². The Bertz CT molecular complexity index is 296. The number of nitrogens with one attached hydrogen (secondary N) is 1. The van der Waals surface area contributed by atoms with Gasteiger partial charge in [0.25, 0.3) is 0 Å². The number of nitrogens with two attached hydrogens (primary N) is 1. The van der Waals surface area contributed by atoms with Crippen molar-refractivity contribution in [2.45, 2.75) is 26.3 Å². The van der Waals surface area contributed by atoms with Crippen LogP contribution in [0.2, 0.25) is 0 Å². The number of pyridine rings is 1. The number of rotatable bonds is 7. The molecular formula is C12H21N3O. The van der Waals surface area contributed by atoms with E-state index in [-0.39, 0.29) is 6.04 Å². The van der Waals surface area contributed by atoms with Crippen molar-refractivity contribution in [1.82, 2.24) is 10.3 Å². The van der Waals surface area contributed by atoms with Gasteiger partial charge in [-0.1, -0.05) is 13.0 Å². The largest absolute Gasteiger partial charge is 0.383 e. The Morgan fingerprint density at radius 2 is 2.31 bits per heavy atom. The van der Waals surface area contributed by atoms with Crippen LogP contribution in [0.4, 0.5) is 5.82 Å². The zero-order chi connectivity index (χ0) is 11.8. The van der Waals surface area contributed by atoms with Gasteiger partial charge in [-0.25, -0.2) is 4.98 Å². The maximum absolute atomic E-state index is 5.86. The van der Waals surface area contributed by atoms with Gasteiger partial charge in [0.05, 0.1) is 12.6 Å². The first-order chi connectivity index (χ1) is 7.79. The minimum atomic E-state index is 0.133. The molecular weight excluding hydrogens is 202 g/mol. The monoisotopic (exact) mass is 223 g/mol. The molecule has 4 nitrogen and oxygen atoms in total. The van der Waals surface area contributed by atoms with Crippen molar-refractivity contribution in [2.24, 2.45) is 0 Å². The lowest BCUT2D eigenvalue weighted by molar-refractivity contribution is 0.123. The third-order valence-corrected chi connectivity index (χ3v) is 2.38. The smallest absolute Gasteiger partial charge is 0.128 e. The molecule has 3 N–H and O–H groups in total. The van der Waals surface area contributed by atoms with Crippen LogP contribution in [-0.2, 0) is 4.74 Å². The zero-order valence-electron chi connectivity index (χ0n) is 10.1. The van der Waals surface area contributed by atoms with Crippen molar-refractivity contribution >= 4 is 5.82 Å². The van der Waals surface area contributed by atoms with Gasteiger partial charge in [0.1, 0.15) is 5.82 Å². The molecule has 0 aliphatic rings. The number of hydrogen-bond donors (Lipinski definition) is 2. The quantitative estimate of drug-likeness (QED) is 0.739. The van der Waals surface area contributed by atoms with Crippen molar-refractivity contribution < 1.29 is 4.74 Å². The van der Waals surface area contributed by atoms with Crippen molar-refractivity contribution in [2.75, 3.05) is 25.5 Å². The lowest BCUT2D eigenvalue weighted by atomic mass is 10.1. The molecule has 0 spiro atoms. The zero-order valence-corrected chi connectivity index (χ0v) is 10.1. The molecule has 0 aliphatic carbocycles. The van der Waals surface area contributed by atoms with Crippen molar-refractivity contribution in [3.63, 3.8) is 0 Å². The lowest BCUT2D eigenvalue weighted by Gasteiger charge is -2.19. The Hall–Kier alpha value is -1.13. The molecule has 1 rings (SSSR count). The van der Waals surface area contributed by atoms with Crippen LogP contribution in [0.25, 0.3) is 0 Å². The van der Waals surface area contributed by atoms with Crippen LogP contribution in [0.3, 0.4) is 0 Å². The number of nitrogen functional groups attached to an aromatic ring is 1. The van der Waals surface area contributed by atoms with Crippen LogP contribution < -0.4 is 11.1 Å². The van der Waals surface area contributed by atoms with Crippen molar-refractivity contribution in [3.05, 3.63) is 23.9 Å². The number of nitrogens with zero attached hydrogens (tertiary/aromatic N) is 1. The van der Waals surface area contributed by atoms with Gasteiger partial charge in [0.2, 0.25) is 0 Å². The molecule has 0 aromatic carbocycles. The fraction of sp³-hybridized carbons (Fsp3) is 0.583. The molecule has 90 valence electrons. The first kappa shape index (κ1) is 12.9. The van der Waals surface area contributed by atoms with E-state index in [0.717, 1.165) is 18.5 Å². The fourth-order valence-electron chi connectivity index (χ4n) is 1.54. The Labute approximate surface area is 97.2 Å². The van der Waals surface area contributed by atoms with Gasteiger partial charge < -0.3 is 15.8 Å². The van der Waals surface area contributed by atoms with Gasteiger partial charge >= 0.3 is 0 Å². The van der Waals surface area contributed by atoms with E-state index >= 15 is 0 Å². The van der Waals surface area contributed by atoms with E-state index in [9.17, 15) is 0 Å². The molecule has 0 radical (unpaired) electrons. The van der Waals surface area contributed by atoms with Crippen LogP contribution in [0, 0.1) is 0 Å². The highest BCUT2D eigenvalue weighted by Gasteiger charge is 2.13. The van der Waals surface area contributed by atoms with Crippen LogP contribution in [0.15, 0.2) is 18.3 Å². The molecule has 0 aliphatic heterocycles. The SMILES string of the molecule is CCCNC(COCC)c1cccnc1N. The van der Waals surface area contributed by atoms with Crippen molar-refractivity contribution in [1.29, 1.82) is 0 Å². The van der Waals surface area contributed by atoms with Crippen molar-refractivity contribution in [3.8, 4) is 0 Å². The molecule has 1 unspecified atom stereocenters. The molecule has 1 aromatic rings. The van der Waals surface area contributed by atoms with Gasteiger partial charge in [0.15, 0.2) is 0 Å². The standard InChI is InChI=1S/C12H21N3O/c1-3-7-14-11(9-16-4-2)10-6-5-8-15-12(10)13/h5-6,8,11,14H,3-4,7,9H2,1-2H3,(H2,13,15). The third kappa shape index (κ3) is 3.79. The Kier molecular flexibility index (Phi) is 5.82. The summed E-state index contributed by atoms with van der Waals surface area (Å²) in [6.45, 7) is 6.42. The average molecular weight is 223 g/mol. The molecule has 1 aromatic heterocycles. The summed E-state index contributed by atoms with van der Waals surface area (Å²) < 4.78 is 5.46. The third-order valence-electron chi connectivity index (χ3n) is 2.38. The second-order valence-electron chi connectivity index (χ2n) is 3.64.